The topological polar surface area (TPSA) is 111 Å². The molecule has 0 saturated heterocycles. The molecule has 0 aliphatic carbocycles. The van der Waals surface area contributed by atoms with Crippen molar-refractivity contribution in [1.82, 2.24) is 30.8 Å². The third-order valence-electron chi connectivity index (χ3n) is 3.58. The minimum Gasteiger partial charge on any atom is -0.494 e. The number of hydrogen-bond donors (Lipinski definition) is 2. The Balaban J connectivity index is 2.03. The first-order chi connectivity index (χ1) is 12.4. The standard InChI is InChI=1S/C16H22N6O3S/c1-5-11(3)17-15(24)18-14(23)9-26-16-19-20-21-22(16)12-8-10(2)6-7-13(12)25-4/h6-8,11H,5,9H2,1-4H3,(H2,17,18,23,24)/t11-/m0/s1. The van der Waals surface area contributed by atoms with Gasteiger partial charge in [-0.25, -0.2) is 4.79 Å². The molecule has 0 radical (unpaired) electrons. The predicted molar refractivity (Wildman–Crippen MR) is 97.6 cm³/mol. The Kier molecular flexibility index (Phi) is 6.96. The van der Waals surface area contributed by atoms with Crippen LogP contribution in [-0.4, -0.2) is 51.1 Å². The van der Waals surface area contributed by atoms with Gasteiger partial charge in [0.15, 0.2) is 0 Å². The van der Waals surface area contributed by atoms with Crippen molar-refractivity contribution in [3.05, 3.63) is 23.8 Å². The molecule has 0 spiro atoms. The van der Waals surface area contributed by atoms with E-state index in [0.717, 1.165) is 23.7 Å². The lowest BCUT2D eigenvalue weighted by Gasteiger charge is -2.12. The lowest BCUT2D eigenvalue weighted by Crippen LogP contribution is -2.43. The Labute approximate surface area is 155 Å². The summed E-state index contributed by atoms with van der Waals surface area (Å²) in [4.78, 5) is 23.6. The molecule has 9 nitrogen and oxygen atoms in total. The van der Waals surface area contributed by atoms with E-state index in [1.807, 2.05) is 39.0 Å². The molecule has 3 amide bonds. The van der Waals surface area contributed by atoms with E-state index >= 15 is 0 Å². The highest BCUT2D eigenvalue weighted by Crippen LogP contribution is 2.26. The number of aromatic nitrogens is 4. The van der Waals surface area contributed by atoms with Crippen LogP contribution in [0.25, 0.3) is 5.69 Å². The highest BCUT2D eigenvalue weighted by atomic mass is 32.2. The van der Waals surface area contributed by atoms with Gasteiger partial charge < -0.3 is 10.1 Å². The second-order valence-electron chi connectivity index (χ2n) is 5.67. The fraction of sp³-hybridized carbons (Fsp3) is 0.438. The van der Waals surface area contributed by atoms with Crippen molar-refractivity contribution in [1.29, 1.82) is 0 Å². The van der Waals surface area contributed by atoms with Gasteiger partial charge in [0.25, 0.3) is 0 Å². The number of rotatable bonds is 7. The zero-order valence-electron chi connectivity index (χ0n) is 15.1. The van der Waals surface area contributed by atoms with Crippen molar-refractivity contribution in [2.24, 2.45) is 0 Å². The first-order valence-electron chi connectivity index (χ1n) is 8.11. The summed E-state index contributed by atoms with van der Waals surface area (Å²) in [5.74, 6) is 0.186. The monoisotopic (exact) mass is 378 g/mol. The Morgan fingerprint density at radius 3 is 2.85 bits per heavy atom. The number of urea groups is 1. The molecule has 0 aliphatic heterocycles. The van der Waals surface area contributed by atoms with Crippen LogP contribution in [0.1, 0.15) is 25.8 Å². The van der Waals surface area contributed by atoms with E-state index in [4.69, 9.17) is 4.74 Å². The lowest BCUT2D eigenvalue weighted by molar-refractivity contribution is -0.117. The van der Waals surface area contributed by atoms with Crippen LogP contribution >= 0.6 is 11.8 Å². The molecule has 2 rings (SSSR count). The number of carbonyl (C=O) groups excluding carboxylic acids is 2. The number of hydrogen-bond acceptors (Lipinski definition) is 7. The number of thioether (sulfide) groups is 1. The third kappa shape index (κ3) is 5.19. The van der Waals surface area contributed by atoms with Gasteiger partial charge >= 0.3 is 6.03 Å². The summed E-state index contributed by atoms with van der Waals surface area (Å²) < 4.78 is 6.85. The van der Waals surface area contributed by atoms with E-state index < -0.39 is 11.9 Å². The summed E-state index contributed by atoms with van der Waals surface area (Å²) in [5, 5.41) is 17.0. The van der Waals surface area contributed by atoms with Gasteiger partial charge in [-0.15, -0.1) is 5.10 Å². The van der Waals surface area contributed by atoms with E-state index in [0.29, 0.717) is 16.6 Å². The first kappa shape index (κ1) is 19.7. The summed E-state index contributed by atoms with van der Waals surface area (Å²) in [6.07, 6.45) is 0.781. The summed E-state index contributed by atoms with van der Waals surface area (Å²) in [7, 11) is 1.56. The highest BCUT2D eigenvalue weighted by Gasteiger charge is 2.16. The Morgan fingerprint density at radius 2 is 2.15 bits per heavy atom. The van der Waals surface area contributed by atoms with E-state index in [1.165, 1.54) is 4.68 Å². The normalized spacial score (nSPS) is 11.7. The van der Waals surface area contributed by atoms with Gasteiger partial charge in [0.2, 0.25) is 11.1 Å². The average Bonchev–Trinajstić information content (AvgIpc) is 3.08. The molecule has 1 atom stereocenters. The Bertz CT molecular complexity index is 779. The number of benzene rings is 1. The number of nitrogens with zero attached hydrogens (tertiary/aromatic N) is 4. The summed E-state index contributed by atoms with van der Waals surface area (Å²) in [6, 6.07) is 5.12. The number of ether oxygens (including phenoxy) is 1. The number of nitrogens with one attached hydrogen (secondary N) is 2. The average molecular weight is 378 g/mol. The van der Waals surface area contributed by atoms with Gasteiger partial charge in [0, 0.05) is 6.04 Å². The predicted octanol–water partition coefficient (Wildman–Crippen LogP) is 1.70. The fourth-order valence-electron chi connectivity index (χ4n) is 2.04. The molecule has 2 aromatic rings. The highest BCUT2D eigenvalue weighted by molar-refractivity contribution is 7.99. The quantitative estimate of drug-likeness (QED) is 0.705. The van der Waals surface area contributed by atoms with Crippen molar-refractivity contribution < 1.29 is 14.3 Å². The van der Waals surface area contributed by atoms with Crippen molar-refractivity contribution in [3.63, 3.8) is 0 Å². The number of amides is 3. The minimum atomic E-state index is -0.509. The maximum absolute atomic E-state index is 11.9. The molecule has 0 saturated carbocycles. The molecule has 1 aromatic heterocycles. The van der Waals surface area contributed by atoms with Gasteiger partial charge in [-0.2, -0.15) is 4.68 Å². The molecule has 0 fully saturated rings. The molecular formula is C16H22N6O3S. The SMILES string of the molecule is CC[C@H](C)NC(=O)NC(=O)CSc1nnnn1-c1cc(C)ccc1OC. The molecular weight excluding hydrogens is 356 g/mol. The van der Waals surface area contributed by atoms with E-state index in [9.17, 15) is 9.59 Å². The maximum Gasteiger partial charge on any atom is 0.321 e. The molecule has 0 unspecified atom stereocenters. The Hall–Kier alpha value is -2.62. The molecule has 1 aromatic carbocycles. The van der Waals surface area contributed by atoms with E-state index in [1.54, 1.807) is 7.11 Å². The number of aryl methyl sites for hydroxylation is 1. The molecule has 0 bridgehead atoms. The summed E-state index contributed by atoms with van der Waals surface area (Å²) >= 11 is 1.13. The summed E-state index contributed by atoms with van der Waals surface area (Å²) in [5.41, 5.74) is 1.70. The van der Waals surface area contributed by atoms with Crippen LogP contribution in [0, 0.1) is 6.92 Å². The second kappa shape index (κ2) is 9.18. The lowest BCUT2D eigenvalue weighted by atomic mass is 10.2. The van der Waals surface area contributed by atoms with E-state index in [2.05, 4.69) is 26.2 Å². The van der Waals surface area contributed by atoms with Crippen molar-refractivity contribution >= 4 is 23.7 Å². The summed E-state index contributed by atoms with van der Waals surface area (Å²) in [6.45, 7) is 5.76. The zero-order chi connectivity index (χ0) is 19.1. The molecule has 140 valence electrons. The molecule has 1 heterocycles. The number of imide groups is 1. The number of carbonyl (C=O) groups is 2. The Morgan fingerprint density at radius 1 is 1.38 bits per heavy atom. The molecule has 2 N–H and O–H groups in total. The number of tetrazole rings is 1. The van der Waals surface area contributed by atoms with Gasteiger partial charge in [0.1, 0.15) is 11.4 Å². The van der Waals surface area contributed by atoms with Gasteiger partial charge in [-0.1, -0.05) is 24.8 Å². The molecule has 10 heteroatoms. The van der Waals surface area contributed by atoms with Gasteiger partial charge in [0.05, 0.1) is 12.9 Å². The van der Waals surface area contributed by atoms with Crippen LogP contribution < -0.4 is 15.4 Å². The van der Waals surface area contributed by atoms with Crippen molar-refractivity contribution in [2.75, 3.05) is 12.9 Å². The molecule has 26 heavy (non-hydrogen) atoms. The smallest absolute Gasteiger partial charge is 0.321 e. The van der Waals surface area contributed by atoms with Crippen LogP contribution in [0.4, 0.5) is 4.79 Å². The second-order valence-corrected chi connectivity index (χ2v) is 6.61. The van der Waals surface area contributed by atoms with E-state index in [-0.39, 0.29) is 11.8 Å². The number of methoxy groups -OCH3 is 1. The fourth-order valence-corrected chi connectivity index (χ4v) is 2.72. The first-order valence-corrected chi connectivity index (χ1v) is 9.09. The van der Waals surface area contributed by atoms with Gasteiger partial charge in [-0.3, -0.25) is 10.1 Å². The molecule has 0 aliphatic rings. The van der Waals surface area contributed by atoms with Crippen LogP contribution in [-0.2, 0) is 4.79 Å². The van der Waals surface area contributed by atoms with Crippen LogP contribution in [0.5, 0.6) is 5.75 Å². The van der Waals surface area contributed by atoms with Crippen LogP contribution in [0.3, 0.4) is 0 Å². The van der Waals surface area contributed by atoms with Gasteiger partial charge in [-0.05, 0) is 48.4 Å². The van der Waals surface area contributed by atoms with Crippen LogP contribution in [0.15, 0.2) is 23.4 Å². The maximum atomic E-state index is 11.9. The minimum absolute atomic E-state index is 0.00241. The van der Waals surface area contributed by atoms with Crippen LogP contribution in [0.2, 0.25) is 0 Å². The third-order valence-corrected chi connectivity index (χ3v) is 4.50. The largest absolute Gasteiger partial charge is 0.494 e. The van der Waals surface area contributed by atoms with Crippen molar-refractivity contribution in [3.8, 4) is 11.4 Å². The zero-order valence-corrected chi connectivity index (χ0v) is 16.0. The van der Waals surface area contributed by atoms with Crippen molar-refractivity contribution in [2.45, 2.75) is 38.4 Å².